The highest BCUT2D eigenvalue weighted by Crippen LogP contribution is 2.02. The molecule has 10 heavy (non-hydrogen) atoms. The highest BCUT2D eigenvalue weighted by atomic mass is 16.5. The third kappa shape index (κ3) is 3.28. The van der Waals surface area contributed by atoms with E-state index in [-0.39, 0.29) is 6.23 Å². The molecule has 0 radical (unpaired) electrons. The van der Waals surface area contributed by atoms with Crippen LogP contribution in [-0.4, -0.2) is 12.4 Å². The average Bonchev–Trinajstić information content (AvgIpc) is 2.00. The summed E-state index contributed by atoms with van der Waals surface area (Å²) in [5.41, 5.74) is 1.07. The van der Waals surface area contributed by atoms with E-state index in [0.717, 1.165) is 5.57 Å². The number of allylic oxidation sites excluding steroid dienone is 1. The molecule has 1 rings (SSSR count). The molecule has 0 saturated carbocycles. The van der Waals surface area contributed by atoms with Crippen molar-refractivity contribution < 1.29 is 4.74 Å². The van der Waals surface area contributed by atoms with Gasteiger partial charge in [0.15, 0.2) is 6.23 Å². The monoisotopic (exact) mass is 141 g/mol. The molecule has 1 aliphatic heterocycles. The zero-order chi connectivity index (χ0) is 7.98. The lowest BCUT2D eigenvalue weighted by atomic mass is 10.3. The van der Waals surface area contributed by atoms with Gasteiger partial charge in [0, 0.05) is 11.8 Å². The zero-order valence-corrected chi connectivity index (χ0v) is 7.09. The summed E-state index contributed by atoms with van der Waals surface area (Å²) in [5.74, 6) is 0. The Balaban J connectivity index is 0.000000371. The minimum absolute atomic E-state index is 0.0127. The summed E-state index contributed by atoms with van der Waals surface area (Å²) in [4.78, 5) is 4.00. The fourth-order valence-corrected chi connectivity index (χ4v) is 0.494. The number of hydrogen-bond acceptors (Lipinski definition) is 2. The van der Waals surface area contributed by atoms with Crippen molar-refractivity contribution in [1.82, 2.24) is 0 Å². The van der Waals surface area contributed by atoms with Gasteiger partial charge in [0.05, 0.1) is 6.26 Å². The van der Waals surface area contributed by atoms with Crippen molar-refractivity contribution in [2.24, 2.45) is 4.99 Å². The normalized spacial score (nSPS) is 22.0. The molecule has 1 heterocycles. The highest BCUT2D eigenvalue weighted by molar-refractivity contribution is 5.77. The number of rotatable bonds is 0. The first-order valence-corrected chi connectivity index (χ1v) is 3.64. The Hall–Kier alpha value is -0.790. The van der Waals surface area contributed by atoms with Crippen LogP contribution in [0.1, 0.15) is 27.7 Å². The summed E-state index contributed by atoms with van der Waals surface area (Å²) in [6, 6.07) is 0. The lowest BCUT2D eigenvalue weighted by Crippen LogP contribution is -2.05. The minimum Gasteiger partial charge on any atom is -0.476 e. The second-order valence-electron chi connectivity index (χ2n) is 1.88. The third-order valence-corrected chi connectivity index (χ3v) is 0.939. The first kappa shape index (κ1) is 9.21. The van der Waals surface area contributed by atoms with E-state index < -0.39 is 0 Å². The standard InChI is InChI=1S/C6H9NO.C2H6/c1-5-3-7-6(2)8-4-5;1-2/h3-4,6H,1-2H3;1-2H3. The van der Waals surface area contributed by atoms with Gasteiger partial charge in [0.25, 0.3) is 0 Å². The molecule has 0 saturated heterocycles. The third-order valence-electron chi connectivity index (χ3n) is 0.939. The maximum Gasteiger partial charge on any atom is 0.185 e. The quantitative estimate of drug-likeness (QED) is 0.507. The van der Waals surface area contributed by atoms with E-state index in [4.69, 9.17) is 4.74 Å². The second kappa shape index (κ2) is 5.03. The van der Waals surface area contributed by atoms with Crippen LogP contribution in [0.4, 0.5) is 0 Å². The van der Waals surface area contributed by atoms with Gasteiger partial charge >= 0.3 is 0 Å². The smallest absolute Gasteiger partial charge is 0.185 e. The predicted octanol–water partition coefficient (Wildman–Crippen LogP) is 2.36. The predicted molar refractivity (Wildman–Crippen MR) is 44.1 cm³/mol. The molecule has 2 heteroatoms. The van der Waals surface area contributed by atoms with Crippen LogP contribution in [0.3, 0.4) is 0 Å². The number of nitrogens with zero attached hydrogens (tertiary/aromatic N) is 1. The van der Waals surface area contributed by atoms with Gasteiger partial charge in [-0.1, -0.05) is 13.8 Å². The Morgan fingerprint density at radius 1 is 1.50 bits per heavy atom. The average molecular weight is 141 g/mol. The van der Waals surface area contributed by atoms with Gasteiger partial charge in [-0.2, -0.15) is 0 Å². The van der Waals surface area contributed by atoms with Crippen LogP contribution in [0.2, 0.25) is 0 Å². The van der Waals surface area contributed by atoms with E-state index in [1.807, 2.05) is 33.9 Å². The lowest BCUT2D eigenvalue weighted by Gasteiger charge is -2.09. The number of hydrogen-bond donors (Lipinski definition) is 0. The fraction of sp³-hybridized carbons (Fsp3) is 0.625. The molecule has 0 spiro atoms. The largest absolute Gasteiger partial charge is 0.476 e. The van der Waals surface area contributed by atoms with Crippen LogP contribution < -0.4 is 0 Å². The Bertz CT molecular complexity index is 138. The van der Waals surface area contributed by atoms with E-state index in [1.165, 1.54) is 0 Å². The molecule has 1 atom stereocenters. The summed E-state index contributed by atoms with van der Waals surface area (Å²) in [7, 11) is 0. The van der Waals surface area contributed by atoms with Gasteiger partial charge in [-0.15, -0.1) is 0 Å². The molecule has 0 bridgehead atoms. The van der Waals surface area contributed by atoms with Crippen molar-refractivity contribution in [2.45, 2.75) is 33.9 Å². The van der Waals surface area contributed by atoms with E-state index in [9.17, 15) is 0 Å². The molecular formula is C8H15NO. The van der Waals surface area contributed by atoms with Crippen LogP contribution in [0.15, 0.2) is 16.8 Å². The molecule has 0 aromatic rings. The van der Waals surface area contributed by atoms with Crippen molar-refractivity contribution in [3.8, 4) is 0 Å². The SMILES string of the molecule is CC.CC1=COC(C)N=C1. The van der Waals surface area contributed by atoms with Crippen LogP contribution >= 0.6 is 0 Å². The van der Waals surface area contributed by atoms with E-state index >= 15 is 0 Å². The maximum atomic E-state index is 5.03. The van der Waals surface area contributed by atoms with Gasteiger partial charge in [0.2, 0.25) is 0 Å². The Morgan fingerprint density at radius 3 is 2.40 bits per heavy atom. The summed E-state index contributed by atoms with van der Waals surface area (Å²) in [6.45, 7) is 7.86. The van der Waals surface area contributed by atoms with Crippen molar-refractivity contribution in [3.05, 3.63) is 11.8 Å². The fourth-order valence-electron chi connectivity index (χ4n) is 0.494. The second-order valence-corrected chi connectivity index (χ2v) is 1.88. The Labute approximate surface area is 62.6 Å². The van der Waals surface area contributed by atoms with Crippen molar-refractivity contribution in [2.75, 3.05) is 0 Å². The van der Waals surface area contributed by atoms with E-state index in [2.05, 4.69) is 4.99 Å². The number of ether oxygens (including phenoxy) is 1. The maximum absolute atomic E-state index is 5.03. The summed E-state index contributed by atoms with van der Waals surface area (Å²) < 4.78 is 5.03. The van der Waals surface area contributed by atoms with E-state index in [1.54, 1.807) is 6.26 Å². The molecule has 0 aromatic carbocycles. The van der Waals surface area contributed by atoms with Crippen LogP contribution in [0.25, 0.3) is 0 Å². The van der Waals surface area contributed by atoms with Crippen molar-refractivity contribution in [1.29, 1.82) is 0 Å². The van der Waals surface area contributed by atoms with Gasteiger partial charge in [-0.05, 0) is 13.8 Å². The van der Waals surface area contributed by atoms with Gasteiger partial charge in [0.1, 0.15) is 0 Å². The molecular weight excluding hydrogens is 126 g/mol. The van der Waals surface area contributed by atoms with Crippen LogP contribution in [-0.2, 0) is 4.74 Å². The molecule has 1 unspecified atom stereocenters. The molecule has 0 amide bonds. The number of aliphatic imine (C=N–C) groups is 1. The van der Waals surface area contributed by atoms with Crippen LogP contribution in [0.5, 0.6) is 0 Å². The van der Waals surface area contributed by atoms with Crippen LogP contribution in [0, 0.1) is 0 Å². The summed E-state index contributed by atoms with van der Waals surface area (Å²) >= 11 is 0. The minimum atomic E-state index is 0.0127. The van der Waals surface area contributed by atoms with Crippen molar-refractivity contribution in [3.63, 3.8) is 0 Å². The Kier molecular flexibility index (Phi) is 4.63. The molecule has 1 aliphatic rings. The lowest BCUT2D eigenvalue weighted by molar-refractivity contribution is 0.166. The van der Waals surface area contributed by atoms with Gasteiger partial charge < -0.3 is 4.74 Å². The molecule has 0 aliphatic carbocycles. The summed E-state index contributed by atoms with van der Waals surface area (Å²) in [5, 5.41) is 0. The molecule has 58 valence electrons. The zero-order valence-electron chi connectivity index (χ0n) is 7.09. The van der Waals surface area contributed by atoms with Gasteiger partial charge in [-0.25, -0.2) is 0 Å². The van der Waals surface area contributed by atoms with Gasteiger partial charge in [-0.3, -0.25) is 4.99 Å². The first-order chi connectivity index (χ1) is 4.79. The topological polar surface area (TPSA) is 21.6 Å². The molecule has 2 nitrogen and oxygen atoms in total. The molecule has 0 N–H and O–H groups in total. The first-order valence-electron chi connectivity index (χ1n) is 3.64. The summed E-state index contributed by atoms with van der Waals surface area (Å²) in [6.07, 6.45) is 3.55. The Morgan fingerprint density at radius 2 is 2.10 bits per heavy atom. The molecule has 0 fully saturated rings. The highest BCUT2D eigenvalue weighted by Gasteiger charge is 1.98. The molecule has 0 aromatic heterocycles. The van der Waals surface area contributed by atoms with E-state index in [0.29, 0.717) is 0 Å². The van der Waals surface area contributed by atoms with Crippen molar-refractivity contribution >= 4 is 6.21 Å².